The second-order valence-corrected chi connectivity index (χ2v) is 5.89. The smallest absolute Gasteiger partial charge is 0.262 e. The van der Waals surface area contributed by atoms with Crippen LogP contribution in [0, 0.1) is 5.92 Å². The number of anilines is 1. The number of fused-ring (bicyclic) bond motifs is 1. The lowest BCUT2D eigenvalue weighted by atomic mass is 9.98. The van der Waals surface area contributed by atoms with Crippen molar-refractivity contribution in [2.45, 2.75) is 32.4 Å². The summed E-state index contributed by atoms with van der Waals surface area (Å²) in [6.07, 6.45) is 1.12. The third-order valence-corrected chi connectivity index (χ3v) is 4.32. The quantitative estimate of drug-likeness (QED) is 0.891. The molecule has 2 N–H and O–H groups in total. The lowest BCUT2D eigenvalue weighted by molar-refractivity contribution is -0.118. The van der Waals surface area contributed by atoms with Gasteiger partial charge in [0.15, 0.2) is 6.61 Å². The molecule has 5 heteroatoms. The van der Waals surface area contributed by atoms with Crippen molar-refractivity contribution in [3.05, 3.63) is 23.8 Å². The first-order valence-corrected chi connectivity index (χ1v) is 7.54. The first-order chi connectivity index (χ1) is 10.1. The fraction of sp³-hybridized carbons (Fsp3) is 0.562. The summed E-state index contributed by atoms with van der Waals surface area (Å²) in [5.41, 5.74) is 1.90. The van der Waals surface area contributed by atoms with Crippen LogP contribution in [-0.4, -0.2) is 31.8 Å². The summed E-state index contributed by atoms with van der Waals surface area (Å²) in [7, 11) is 0. The molecule has 114 valence electrons. The van der Waals surface area contributed by atoms with Crippen molar-refractivity contribution >= 4 is 11.6 Å². The van der Waals surface area contributed by atoms with Gasteiger partial charge in [0.05, 0.1) is 12.3 Å². The number of hydrogen-bond acceptors (Lipinski definition) is 4. The maximum atomic E-state index is 11.4. The molecule has 2 aliphatic heterocycles. The molecular weight excluding hydrogens is 268 g/mol. The Morgan fingerprint density at radius 3 is 3.00 bits per heavy atom. The summed E-state index contributed by atoms with van der Waals surface area (Å²) in [5.74, 6) is 1.22. The molecule has 0 spiro atoms. The minimum absolute atomic E-state index is 0.0961. The maximum absolute atomic E-state index is 11.4. The average molecular weight is 290 g/mol. The average Bonchev–Trinajstić information content (AvgIpc) is 3.00. The van der Waals surface area contributed by atoms with Crippen LogP contribution in [0.3, 0.4) is 0 Å². The van der Waals surface area contributed by atoms with E-state index in [1.54, 1.807) is 0 Å². The van der Waals surface area contributed by atoms with Crippen LogP contribution in [-0.2, 0) is 9.53 Å². The summed E-state index contributed by atoms with van der Waals surface area (Å²) >= 11 is 0. The van der Waals surface area contributed by atoms with Gasteiger partial charge < -0.3 is 20.1 Å². The summed E-state index contributed by atoms with van der Waals surface area (Å²) in [6, 6.07) is 6.58. The topological polar surface area (TPSA) is 59.6 Å². The van der Waals surface area contributed by atoms with Crippen LogP contribution < -0.4 is 15.4 Å². The molecule has 5 nitrogen and oxygen atoms in total. The molecule has 0 aliphatic carbocycles. The lowest BCUT2D eigenvalue weighted by Crippen LogP contribution is -2.35. The van der Waals surface area contributed by atoms with Gasteiger partial charge in [0.2, 0.25) is 0 Å². The van der Waals surface area contributed by atoms with Gasteiger partial charge in [-0.1, -0.05) is 6.07 Å². The van der Waals surface area contributed by atoms with Crippen molar-refractivity contribution in [1.29, 1.82) is 0 Å². The molecule has 2 aliphatic rings. The minimum Gasteiger partial charge on any atom is -0.482 e. The predicted molar refractivity (Wildman–Crippen MR) is 80.5 cm³/mol. The number of rotatable bonds is 4. The van der Waals surface area contributed by atoms with Crippen LogP contribution in [0.4, 0.5) is 5.69 Å². The highest BCUT2D eigenvalue weighted by Gasteiger charge is 2.24. The summed E-state index contributed by atoms with van der Waals surface area (Å²) in [5, 5.41) is 6.47. The molecule has 1 aromatic rings. The maximum Gasteiger partial charge on any atom is 0.262 e. The fourth-order valence-corrected chi connectivity index (χ4v) is 2.94. The highest BCUT2D eigenvalue weighted by atomic mass is 16.5. The van der Waals surface area contributed by atoms with E-state index in [9.17, 15) is 4.79 Å². The molecule has 2 heterocycles. The van der Waals surface area contributed by atoms with Gasteiger partial charge >= 0.3 is 0 Å². The van der Waals surface area contributed by atoms with Crippen molar-refractivity contribution in [3.63, 3.8) is 0 Å². The van der Waals surface area contributed by atoms with Gasteiger partial charge in [0.1, 0.15) is 5.75 Å². The molecule has 1 fully saturated rings. The van der Waals surface area contributed by atoms with Crippen LogP contribution >= 0.6 is 0 Å². The Balaban J connectivity index is 1.68. The van der Waals surface area contributed by atoms with E-state index >= 15 is 0 Å². The van der Waals surface area contributed by atoms with Crippen molar-refractivity contribution < 1.29 is 14.3 Å². The van der Waals surface area contributed by atoms with Crippen LogP contribution in [0.25, 0.3) is 0 Å². The zero-order valence-electron chi connectivity index (χ0n) is 12.5. The van der Waals surface area contributed by atoms with Crippen LogP contribution in [0.15, 0.2) is 18.2 Å². The number of nitrogens with one attached hydrogen (secondary N) is 2. The fourth-order valence-electron chi connectivity index (χ4n) is 2.94. The monoisotopic (exact) mass is 290 g/mol. The van der Waals surface area contributed by atoms with Gasteiger partial charge in [-0.15, -0.1) is 0 Å². The normalized spacial score (nSPS) is 23.9. The number of ether oxygens (including phenoxy) is 2. The zero-order valence-corrected chi connectivity index (χ0v) is 12.5. The molecule has 21 heavy (non-hydrogen) atoms. The molecule has 0 aromatic heterocycles. The van der Waals surface area contributed by atoms with E-state index in [0.29, 0.717) is 12.0 Å². The Morgan fingerprint density at radius 2 is 2.24 bits per heavy atom. The molecule has 0 radical (unpaired) electrons. The largest absolute Gasteiger partial charge is 0.482 e. The highest BCUT2D eigenvalue weighted by Crippen LogP contribution is 2.31. The highest BCUT2D eigenvalue weighted by molar-refractivity contribution is 5.95. The summed E-state index contributed by atoms with van der Waals surface area (Å²) < 4.78 is 10.8. The van der Waals surface area contributed by atoms with Gasteiger partial charge in [0, 0.05) is 18.7 Å². The third kappa shape index (κ3) is 3.19. The first-order valence-electron chi connectivity index (χ1n) is 7.54. The van der Waals surface area contributed by atoms with E-state index in [4.69, 9.17) is 9.47 Å². The van der Waals surface area contributed by atoms with Crippen molar-refractivity contribution in [2.24, 2.45) is 5.92 Å². The Hall–Kier alpha value is -1.59. The second-order valence-electron chi connectivity index (χ2n) is 5.89. The van der Waals surface area contributed by atoms with Crippen LogP contribution in [0.5, 0.6) is 5.75 Å². The standard InChI is InChI=1S/C16H22N2O3/c1-10(17-11(2)13-5-6-20-8-13)12-3-4-15-14(7-12)18-16(19)9-21-15/h3-4,7,10-11,13,17H,5-6,8-9H2,1-2H3,(H,18,19). The van der Waals surface area contributed by atoms with E-state index in [2.05, 4.69) is 24.5 Å². The Bertz CT molecular complexity index is 526. The molecule has 3 unspecified atom stereocenters. The Kier molecular flexibility index (Phi) is 4.12. The Labute approximate surface area is 125 Å². The summed E-state index contributed by atoms with van der Waals surface area (Å²) in [4.78, 5) is 11.4. The number of carbonyl (C=O) groups excluding carboxylic acids is 1. The molecule has 0 saturated carbocycles. The predicted octanol–water partition coefficient (Wildman–Crippen LogP) is 2.09. The second kappa shape index (κ2) is 6.03. The molecule has 0 bridgehead atoms. The zero-order chi connectivity index (χ0) is 14.8. The van der Waals surface area contributed by atoms with Gasteiger partial charge in [-0.2, -0.15) is 0 Å². The minimum atomic E-state index is -0.100. The lowest BCUT2D eigenvalue weighted by Gasteiger charge is -2.25. The Morgan fingerprint density at radius 1 is 1.38 bits per heavy atom. The number of benzene rings is 1. The number of carbonyl (C=O) groups is 1. The van der Waals surface area contributed by atoms with E-state index in [1.807, 2.05) is 18.2 Å². The molecule has 1 saturated heterocycles. The van der Waals surface area contributed by atoms with E-state index in [0.717, 1.165) is 36.6 Å². The van der Waals surface area contributed by atoms with Gasteiger partial charge in [-0.3, -0.25) is 4.79 Å². The molecule has 3 atom stereocenters. The SMILES string of the molecule is CC(NC(C)C1CCOC1)c1ccc2c(c1)NC(=O)CO2. The molecule has 1 aromatic carbocycles. The van der Waals surface area contributed by atoms with Crippen molar-refractivity contribution in [3.8, 4) is 5.75 Å². The van der Waals surface area contributed by atoms with E-state index in [1.165, 1.54) is 0 Å². The molecule has 3 rings (SSSR count). The van der Waals surface area contributed by atoms with Gasteiger partial charge in [-0.05, 0) is 43.9 Å². The van der Waals surface area contributed by atoms with Crippen LogP contribution in [0.2, 0.25) is 0 Å². The number of hydrogen-bond donors (Lipinski definition) is 2. The van der Waals surface area contributed by atoms with Crippen molar-refractivity contribution in [2.75, 3.05) is 25.1 Å². The van der Waals surface area contributed by atoms with Crippen molar-refractivity contribution in [1.82, 2.24) is 5.32 Å². The summed E-state index contributed by atoms with van der Waals surface area (Å²) in [6.45, 7) is 6.15. The van der Waals surface area contributed by atoms with E-state index in [-0.39, 0.29) is 18.6 Å². The first kappa shape index (κ1) is 14.4. The van der Waals surface area contributed by atoms with Gasteiger partial charge in [-0.25, -0.2) is 0 Å². The van der Waals surface area contributed by atoms with E-state index < -0.39 is 0 Å². The molecule has 1 amide bonds. The molecular formula is C16H22N2O3. The number of amides is 1. The van der Waals surface area contributed by atoms with Gasteiger partial charge in [0.25, 0.3) is 5.91 Å². The third-order valence-electron chi connectivity index (χ3n) is 4.32. The van der Waals surface area contributed by atoms with Crippen LogP contribution in [0.1, 0.15) is 31.9 Å².